The van der Waals surface area contributed by atoms with Gasteiger partial charge < -0.3 is 24.5 Å². The van der Waals surface area contributed by atoms with Crippen LogP contribution in [0.2, 0.25) is 0 Å². The maximum Gasteiger partial charge on any atom is 0.197 e. The molecule has 1 heterocycles. The summed E-state index contributed by atoms with van der Waals surface area (Å²) in [4.78, 5) is 12.4. The monoisotopic (exact) mass is 382 g/mol. The van der Waals surface area contributed by atoms with Gasteiger partial charge in [-0.2, -0.15) is 0 Å². The molecule has 146 valence electrons. The van der Waals surface area contributed by atoms with Crippen molar-refractivity contribution in [1.82, 2.24) is 0 Å². The maximum absolute atomic E-state index is 12.4. The molecule has 0 spiro atoms. The smallest absolute Gasteiger partial charge is 0.197 e. The summed E-state index contributed by atoms with van der Waals surface area (Å²) in [7, 11) is 1.57. The van der Waals surface area contributed by atoms with Gasteiger partial charge in [0.1, 0.15) is 34.0 Å². The second-order valence-corrected chi connectivity index (χ2v) is 5.77. The van der Waals surface area contributed by atoms with Crippen molar-refractivity contribution in [3.05, 3.63) is 77.2 Å². The van der Waals surface area contributed by atoms with Crippen LogP contribution in [0.5, 0.6) is 17.2 Å². The number of aromatic hydroxyl groups is 2. The van der Waals surface area contributed by atoms with E-state index in [4.69, 9.17) is 14.3 Å². The van der Waals surface area contributed by atoms with Crippen LogP contribution < -0.4 is 10.2 Å². The molecule has 3 rings (SSSR count). The topological polar surface area (TPSA) is 100 Å². The van der Waals surface area contributed by atoms with E-state index in [-0.39, 0.29) is 39.9 Å². The van der Waals surface area contributed by atoms with Crippen molar-refractivity contribution in [2.24, 2.45) is 0 Å². The van der Waals surface area contributed by atoms with Crippen LogP contribution in [0, 0.1) is 0 Å². The molecule has 0 aliphatic carbocycles. The summed E-state index contributed by atoms with van der Waals surface area (Å²) >= 11 is 0. The third-order valence-corrected chi connectivity index (χ3v) is 3.95. The minimum Gasteiger partial charge on any atom is -0.516 e. The van der Waals surface area contributed by atoms with Crippen molar-refractivity contribution in [2.45, 2.75) is 13.3 Å². The van der Waals surface area contributed by atoms with E-state index in [9.17, 15) is 15.0 Å². The Morgan fingerprint density at radius 3 is 2.36 bits per heavy atom. The first-order valence-electron chi connectivity index (χ1n) is 8.49. The van der Waals surface area contributed by atoms with E-state index in [0.717, 1.165) is 6.26 Å². The van der Waals surface area contributed by atoms with Gasteiger partial charge in [-0.3, -0.25) is 4.79 Å². The molecule has 0 atom stereocenters. The molecule has 28 heavy (non-hydrogen) atoms. The van der Waals surface area contributed by atoms with Crippen LogP contribution in [0.4, 0.5) is 0 Å². The second-order valence-electron chi connectivity index (χ2n) is 5.77. The molecule has 0 amide bonds. The van der Waals surface area contributed by atoms with Gasteiger partial charge in [0, 0.05) is 23.3 Å². The number of fused-ring (bicyclic) bond motifs is 1. The highest BCUT2D eigenvalue weighted by atomic mass is 16.5. The lowest BCUT2D eigenvalue weighted by molar-refractivity contribution is 0.415. The summed E-state index contributed by atoms with van der Waals surface area (Å²) < 4.78 is 10.8. The third-order valence-electron chi connectivity index (χ3n) is 3.95. The average molecular weight is 382 g/mol. The van der Waals surface area contributed by atoms with Crippen LogP contribution in [-0.2, 0) is 6.42 Å². The van der Waals surface area contributed by atoms with Crippen molar-refractivity contribution >= 4 is 11.0 Å². The number of aliphatic hydroxyl groups is 1. The Morgan fingerprint density at radius 1 is 1.18 bits per heavy atom. The van der Waals surface area contributed by atoms with Gasteiger partial charge in [0.2, 0.25) is 0 Å². The van der Waals surface area contributed by atoms with Crippen molar-refractivity contribution in [3.63, 3.8) is 0 Å². The van der Waals surface area contributed by atoms with Gasteiger partial charge in [0.15, 0.2) is 5.43 Å². The molecule has 3 N–H and O–H groups in total. The molecule has 0 saturated carbocycles. The summed E-state index contributed by atoms with van der Waals surface area (Å²) in [6.45, 7) is 5.32. The number of phenolic OH excluding ortho intramolecular Hbond substituents is 2. The zero-order valence-corrected chi connectivity index (χ0v) is 15.7. The molecule has 3 aromatic rings. The lowest BCUT2D eigenvalue weighted by Crippen LogP contribution is -2.02. The van der Waals surface area contributed by atoms with Crippen molar-refractivity contribution in [3.8, 4) is 28.6 Å². The Hall–Kier alpha value is -3.67. The molecule has 0 fully saturated rings. The molecule has 0 aliphatic rings. The maximum atomic E-state index is 12.4. The average Bonchev–Trinajstić information content (AvgIpc) is 2.70. The first kappa shape index (κ1) is 20.6. The quantitative estimate of drug-likeness (QED) is 0.447. The van der Waals surface area contributed by atoms with E-state index < -0.39 is 0 Å². The van der Waals surface area contributed by atoms with E-state index in [1.165, 1.54) is 18.2 Å². The van der Waals surface area contributed by atoms with Gasteiger partial charge >= 0.3 is 0 Å². The Kier molecular flexibility index (Phi) is 6.87. The van der Waals surface area contributed by atoms with Crippen LogP contribution in [-0.4, -0.2) is 22.4 Å². The van der Waals surface area contributed by atoms with Crippen molar-refractivity contribution in [1.29, 1.82) is 0 Å². The summed E-state index contributed by atoms with van der Waals surface area (Å²) in [6.07, 6.45) is 4.33. The Bertz CT molecular complexity index is 1040. The van der Waals surface area contributed by atoms with E-state index in [1.807, 2.05) is 0 Å². The number of ether oxygens (including phenoxy) is 1. The fourth-order valence-electron chi connectivity index (χ4n) is 2.57. The molecule has 0 bridgehead atoms. The molecule has 1 aromatic heterocycles. The lowest BCUT2D eigenvalue weighted by atomic mass is 10.0. The standard InChI is InChI=1S/C19H16O5.C3H6O/c1-3-4-13-14(20)9-17-18(19(13)22)15(21)10-16(24-17)11-5-7-12(23-2)8-6-11;1-2-3-4/h3,5-10,20,22H,1,4H2,2H3;2-4H,1H3. The van der Waals surface area contributed by atoms with Crippen LogP contribution in [0.1, 0.15) is 12.5 Å². The number of benzene rings is 2. The van der Waals surface area contributed by atoms with Crippen molar-refractivity contribution < 1.29 is 24.5 Å². The number of rotatable bonds is 4. The molecule has 2 aromatic carbocycles. The summed E-state index contributed by atoms with van der Waals surface area (Å²) in [5.41, 5.74) is 0.673. The van der Waals surface area contributed by atoms with Gasteiger partial charge in [0.25, 0.3) is 0 Å². The largest absolute Gasteiger partial charge is 0.516 e. The molecule has 0 radical (unpaired) electrons. The van der Waals surface area contributed by atoms with E-state index in [2.05, 4.69) is 6.58 Å². The van der Waals surface area contributed by atoms with E-state index in [0.29, 0.717) is 17.1 Å². The molecule has 6 heteroatoms. The summed E-state index contributed by atoms with van der Waals surface area (Å²) in [5.74, 6) is 0.603. The van der Waals surface area contributed by atoms with Gasteiger partial charge in [-0.15, -0.1) is 6.58 Å². The lowest BCUT2D eigenvalue weighted by Gasteiger charge is -2.09. The molecule has 0 saturated heterocycles. The van der Waals surface area contributed by atoms with Crippen molar-refractivity contribution in [2.75, 3.05) is 7.11 Å². The molecule has 6 nitrogen and oxygen atoms in total. The molecular formula is C22H22O6. The Balaban J connectivity index is 0.000000640. The highest BCUT2D eigenvalue weighted by molar-refractivity contribution is 5.88. The number of allylic oxidation sites excluding steroid dienone is 2. The normalized spacial score (nSPS) is 10.5. The van der Waals surface area contributed by atoms with Crippen LogP contribution in [0.25, 0.3) is 22.3 Å². The predicted octanol–water partition coefficient (Wildman–Crippen LogP) is 4.69. The van der Waals surface area contributed by atoms with Crippen LogP contribution in [0.3, 0.4) is 0 Å². The summed E-state index contributed by atoms with van der Waals surface area (Å²) in [5, 5.41) is 28.1. The zero-order valence-electron chi connectivity index (χ0n) is 15.7. The predicted molar refractivity (Wildman–Crippen MR) is 109 cm³/mol. The number of aliphatic hydroxyl groups excluding tert-OH is 1. The first-order chi connectivity index (χ1) is 13.5. The molecular weight excluding hydrogens is 360 g/mol. The van der Waals surface area contributed by atoms with E-state index >= 15 is 0 Å². The number of phenols is 2. The fraction of sp³-hybridized carbons (Fsp3) is 0.136. The first-order valence-corrected chi connectivity index (χ1v) is 8.49. The number of hydrogen-bond donors (Lipinski definition) is 3. The highest BCUT2D eigenvalue weighted by Crippen LogP contribution is 2.36. The molecule has 0 unspecified atom stereocenters. The Morgan fingerprint density at radius 2 is 1.82 bits per heavy atom. The SMILES string of the molecule is C=CCc1c(O)cc2oc(-c3ccc(OC)cc3)cc(=O)c2c1O.CC=CO. The van der Waals surface area contributed by atoms with Gasteiger partial charge in [-0.05, 0) is 37.6 Å². The highest BCUT2D eigenvalue weighted by Gasteiger charge is 2.17. The summed E-state index contributed by atoms with van der Waals surface area (Å²) in [6, 6.07) is 9.67. The van der Waals surface area contributed by atoms with Crippen LogP contribution in [0.15, 0.2) is 70.6 Å². The van der Waals surface area contributed by atoms with Gasteiger partial charge in [-0.25, -0.2) is 0 Å². The fourth-order valence-corrected chi connectivity index (χ4v) is 2.57. The van der Waals surface area contributed by atoms with Gasteiger partial charge in [0.05, 0.1) is 13.4 Å². The van der Waals surface area contributed by atoms with Crippen LogP contribution >= 0.6 is 0 Å². The zero-order chi connectivity index (χ0) is 20.7. The number of hydrogen-bond acceptors (Lipinski definition) is 6. The minimum atomic E-state index is -0.384. The van der Waals surface area contributed by atoms with E-state index in [1.54, 1.807) is 44.4 Å². The number of methoxy groups -OCH3 is 1. The third kappa shape index (κ3) is 4.35. The Labute approximate surface area is 162 Å². The molecule has 0 aliphatic heterocycles. The second kappa shape index (κ2) is 9.32. The van der Waals surface area contributed by atoms with Gasteiger partial charge in [-0.1, -0.05) is 12.2 Å². The minimum absolute atomic E-state index is 0.0434.